The van der Waals surface area contributed by atoms with Crippen LogP contribution in [0.5, 0.6) is 5.75 Å². The number of carbonyl (C=O) groups excluding carboxylic acids is 1. The van der Waals surface area contributed by atoms with Crippen LogP contribution < -0.4 is 5.32 Å². The Morgan fingerprint density at radius 1 is 1.47 bits per heavy atom. The van der Waals surface area contributed by atoms with E-state index >= 15 is 0 Å². The summed E-state index contributed by atoms with van der Waals surface area (Å²) in [5, 5.41) is 12.7. The monoisotopic (exact) mass is 262 g/mol. The molecule has 1 fully saturated rings. The summed E-state index contributed by atoms with van der Waals surface area (Å²) in [6.45, 7) is 2.10. The molecule has 2 rings (SSSR count). The molecule has 1 saturated carbocycles. The maximum atomic E-state index is 12.1. The van der Waals surface area contributed by atoms with Crippen LogP contribution in [0.1, 0.15) is 55.9 Å². The van der Waals surface area contributed by atoms with E-state index in [1.54, 1.807) is 6.07 Å². The predicted octanol–water partition coefficient (Wildman–Crippen LogP) is 2.88. The lowest BCUT2D eigenvalue weighted by atomic mass is 9.83. The van der Waals surface area contributed by atoms with Gasteiger partial charge in [0.15, 0.2) is 5.69 Å². The molecule has 2 N–H and O–H groups in total. The number of nitrogens with one attached hydrogen (secondary N) is 1. The van der Waals surface area contributed by atoms with Crippen LogP contribution in [0, 0.1) is 5.92 Å². The van der Waals surface area contributed by atoms with E-state index < -0.39 is 0 Å². The zero-order valence-electron chi connectivity index (χ0n) is 11.4. The molecule has 0 spiro atoms. The molecule has 0 aromatic carbocycles. The lowest BCUT2D eigenvalue weighted by Gasteiger charge is -2.30. The Balaban J connectivity index is 2.01. The number of aromatic nitrogens is 1. The molecule has 0 saturated heterocycles. The van der Waals surface area contributed by atoms with Crippen molar-refractivity contribution in [2.24, 2.45) is 5.92 Å². The SMILES string of the molecule is CCC(NC(=O)c1ncccc1O)C1CCCCC1. The molecule has 0 aliphatic heterocycles. The van der Waals surface area contributed by atoms with E-state index in [0.717, 1.165) is 6.42 Å². The van der Waals surface area contributed by atoms with Gasteiger partial charge in [0, 0.05) is 12.2 Å². The third-order valence-electron chi connectivity index (χ3n) is 3.98. The van der Waals surface area contributed by atoms with Crippen LogP contribution in [0.2, 0.25) is 0 Å². The number of hydrogen-bond donors (Lipinski definition) is 2. The van der Waals surface area contributed by atoms with Crippen molar-refractivity contribution in [1.29, 1.82) is 0 Å². The molecular weight excluding hydrogens is 240 g/mol. The second-order valence-corrected chi connectivity index (χ2v) is 5.26. The number of carbonyl (C=O) groups is 1. The smallest absolute Gasteiger partial charge is 0.273 e. The van der Waals surface area contributed by atoms with E-state index in [2.05, 4.69) is 17.2 Å². The van der Waals surface area contributed by atoms with Crippen molar-refractivity contribution in [1.82, 2.24) is 10.3 Å². The normalized spacial score (nSPS) is 17.9. The largest absolute Gasteiger partial charge is 0.505 e. The fourth-order valence-electron chi connectivity index (χ4n) is 2.90. The maximum Gasteiger partial charge on any atom is 0.273 e. The summed E-state index contributed by atoms with van der Waals surface area (Å²) in [6, 6.07) is 3.29. The van der Waals surface area contributed by atoms with Crippen molar-refractivity contribution in [2.75, 3.05) is 0 Å². The van der Waals surface area contributed by atoms with Gasteiger partial charge in [0.2, 0.25) is 0 Å². The number of amides is 1. The molecule has 104 valence electrons. The van der Waals surface area contributed by atoms with E-state index in [9.17, 15) is 9.90 Å². The molecule has 1 aromatic rings. The number of hydrogen-bond acceptors (Lipinski definition) is 3. The topological polar surface area (TPSA) is 62.2 Å². The molecule has 0 bridgehead atoms. The zero-order valence-corrected chi connectivity index (χ0v) is 11.4. The lowest BCUT2D eigenvalue weighted by Crippen LogP contribution is -2.41. The van der Waals surface area contributed by atoms with Crippen LogP contribution in [0.4, 0.5) is 0 Å². The number of rotatable bonds is 4. The van der Waals surface area contributed by atoms with Crippen molar-refractivity contribution >= 4 is 5.91 Å². The van der Waals surface area contributed by atoms with Crippen LogP contribution in [-0.4, -0.2) is 22.0 Å². The van der Waals surface area contributed by atoms with Gasteiger partial charge in [-0.25, -0.2) is 4.98 Å². The zero-order chi connectivity index (χ0) is 13.7. The van der Waals surface area contributed by atoms with Crippen LogP contribution in [-0.2, 0) is 0 Å². The minimum absolute atomic E-state index is 0.0569. The molecular formula is C15H22N2O2. The minimum atomic E-state index is -0.268. The molecule has 1 unspecified atom stereocenters. The van der Waals surface area contributed by atoms with Crippen molar-refractivity contribution in [2.45, 2.75) is 51.5 Å². The second-order valence-electron chi connectivity index (χ2n) is 5.26. The van der Waals surface area contributed by atoms with E-state index in [1.165, 1.54) is 44.4 Å². The van der Waals surface area contributed by atoms with Crippen molar-refractivity contribution in [3.05, 3.63) is 24.0 Å². The van der Waals surface area contributed by atoms with E-state index in [0.29, 0.717) is 5.92 Å². The number of pyridine rings is 1. The molecule has 19 heavy (non-hydrogen) atoms. The molecule has 1 aliphatic rings. The van der Waals surface area contributed by atoms with Gasteiger partial charge in [-0.3, -0.25) is 4.79 Å². The van der Waals surface area contributed by atoms with Crippen LogP contribution in [0.15, 0.2) is 18.3 Å². The Kier molecular flexibility index (Phi) is 4.77. The molecule has 1 aromatic heterocycles. The first-order valence-electron chi connectivity index (χ1n) is 7.17. The van der Waals surface area contributed by atoms with Gasteiger partial charge < -0.3 is 10.4 Å². The Morgan fingerprint density at radius 3 is 2.84 bits per heavy atom. The Hall–Kier alpha value is -1.58. The molecule has 1 aliphatic carbocycles. The number of aromatic hydroxyl groups is 1. The highest BCUT2D eigenvalue weighted by atomic mass is 16.3. The summed E-state index contributed by atoms with van der Waals surface area (Å²) in [6.07, 6.45) is 8.64. The first kappa shape index (κ1) is 13.8. The summed E-state index contributed by atoms with van der Waals surface area (Å²) in [7, 11) is 0. The van der Waals surface area contributed by atoms with Crippen molar-refractivity contribution < 1.29 is 9.90 Å². The highest BCUT2D eigenvalue weighted by Crippen LogP contribution is 2.28. The van der Waals surface area contributed by atoms with Gasteiger partial charge in [0.05, 0.1) is 0 Å². The second kappa shape index (κ2) is 6.55. The fourth-order valence-corrected chi connectivity index (χ4v) is 2.90. The van der Waals surface area contributed by atoms with Gasteiger partial charge in [-0.15, -0.1) is 0 Å². The summed E-state index contributed by atoms with van der Waals surface area (Å²) >= 11 is 0. The van der Waals surface area contributed by atoms with Crippen LogP contribution >= 0.6 is 0 Å². The highest BCUT2D eigenvalue weighted by Gasteiger charge is 2.25. The van der Waals surface area contributed by atoms with E-state index in [-0.39, 0.29) is 23.4 Å². The van der Waals surface area contributed by atoms with Gasteiger partial charge in [0.1, 0.15) is 5.75 Å². The predicted molar refractivity (Wildman–Crippen MR) is 74.0 cm³/mol. The molecule has 1 heterocycles. The van der Waals surface area contributed by atoms with Crippen LogP contribution in [0.3, 0.4) is 0 Å². The first-order chi connectivity index (χ1) is 9.22. The standard InChI is InChI=1S/C15H22N2O2/c1-2-12(11-7-4-3-5-8-11)17-15(19)14-13(18)9-6-10-16-14/h6,9-12,18H,2-5,7-8H2,1H3,(H,17,19). The van der Waals surface area contributed by atoms with Crippen LogP contribution in [0.25, 0.3) is 0 Å². The van der Waals surface area contributed by atoms with Gasteiger partial charge in [-0.1, -0.05) is 26.2 Å². The quantitative estimate of drug-likeness (QED) is 0.877. The fraction of sp³-hybridized carbons (Fsp3) is 0.600. The molecule has 4 nitrogen and oxygen atoms in total. The Labute approximate surface area is 114 Å². The molecule has 1 amide bonds. The molecule has 4 heteroatoms. The molecule has 1 atom stereocenters. The Morgan fingerprint density at radius 2 is 2.21 bits per heavy atom. The van der Waals surface area contributed by atoms with Gasteiger partial charge in [-0.2, -0.15) is 0 Å². The third-order valence-corrected chi connectivity index (χ3v) is 3.98. The average molecular weight is 262 g/mol. The van der Waals surface area contributed by atoms with Gasteiger partial charge >= 0.3 is 0 Å². The first-order valence-corrected chi connectivity index (χ1v) is 7.17. The van der Waals surface area contributed by atoms with Crippen molar-refractivity contribution in [3.8, 4) is 5.75 Å². The highest BCUT2D eigenvalue weighted by molar-refractivity contribution is 5.94. The maximum absolute atomic E-state index is 12.1. The molecule has 0 radical (unpaired) electrons. The number of nitrogens with zero attached hydrogens (tertiary/aromatic N) is 1. The van der Waals surface area contributed by atoms with Gasteiger partial charge in [-0.05, 0) is 37.3 Å². The third kappa shape index (κ3) is 3.46. The summed E-state index contributed by atoms with van der Waals surface area (Å²) in [5.74, 6) is 0.238. The summed E-state index contributed by atoms with van der Waals surface area (Å²) in [5.41, 5.74) is 0.122. The minimum Gasteiger partial charge on any atom is -0.505 e. The van der Waals surface area contributed by atoms with E-state index in [1.807, 2.05) is 0 Å². The average Bonchev–Trinajstić information content (AvgIpc) is 2.46. The summed E-state index contributed by atoms with van der Waals surface area (Å²) < 4.78 is 0. The lowest BCUT2D eigenvalue weighted by molar-refractivity contribution is 0.0903. The van der Waals surface area contributed by atoms with E-state index in [4.69, 9.17) is 0 Å². The summed E-state index contributed by atoms with van der Waals surface area (Å²) in [4.78, 5) is 16.1. The Bertz CT molecular complexity index is 428. The van der Waals surface area contributed by atoms with Crippen molar-refractivity contribution in [3.63, 3.8) is 0 Å². The van der Waals surface area contributed by atoms with Gasteiger partial charge in [0.25, 0.3) is 5.91 Å².